The molecule has 1 aromatic heterocycles. The van der Waals surface area contributed by atoms with Crippen molar-refractivity contribution in [3.63, 3.8) is 0 Å². The molecule has 0 unspecified atom stereocenters. The zero-order chi connectivity index (χ0) is 14.3. The number of carbonyl (C=O) groups excluding carboxylic acids is 1. The molecule has 0 spiro atoms. The van der Waals surface area contributed by atoms with Gasteiger partial charge in [0.1, 0.15) is 11.4 Å². The fraction of sp³-hybridized carbons (Fsp3) is 0.643. The van der Waals surface area contributed by atoms with Gasteiger partial charge in [-0.25, -0.2) is 4.98 Å². The van der Waals surface area contributed by atoms with Gasteiger partial charge in [-0.2, -0.15) is 0 Å². The van der Waals surface area contributed by atoms with Crippen LogP contribution in [0.5, 0.6) is 0 Å². The molecule has 2 N–H and O–H groups in total. The SMILES string of the molecule is Cc1nc(C2CC2)[nH]c(=O)c1C(=O)NCC1(C)COC1. The Labute approximate surface area is 116 Å². The third-order valence-electron chi connectivity index (χ3n) is 3.89. The fourth-order valence-electron chi connectivity index (χ4n) is 2.36. The molecule has 3 rings (SSSR count). The van der Waals surface area contributed by atoms with Gasteiger partial charge in [0.25, 0.3) is 11.5 Å². The molecule has 2 heterocycles. The second-order valence-corrected chi connectivity index (χ2v) is 6.17. The lowest BCUT2D eigenvalue weighted by atomic mass is 9.88. The number of aryl methyl sites for hydroxylation is 1. The first-order valence-corrected chi connectivity index (χ1v) is 6.95. The van der Waals surface area contributed by atoms with Crippen LogP contribution in [0.15, 0.2) is 4.79 Å². The number of hydrogen-bond donors (Lipinski definition) is 2. The third kappa shape index (κ3) is 2.47. The highest BCUT2D eigenvalue weighted by molar-refractivity contribution is 5.94. The molecule has 1 amide bonds. The van der Waals surface area contributed by atoms with Crippen LogP contribution in [0.3, 0.4) is 0 Å². The summed E-state index contributed by atoms with van der Waals surface area (Å²) in [6.07, 6.45) is 2.12. The summed E-state index contributed by atoms with van der Waals surface area (Å²) in [7, 11) is 0. The standard InChI is InChI=1S/C14H19N3O3/c1-8-10(12(18)15-5-14(2)6-20-7-14)13(19)17-11(16-8)9-3-4-9/h9H,3-7H2,1-2H3,(H,15,18)(H,16,17,19). The molecule has 0 bridgehead atoms. The summed E-state index contributed by atoms with van der Waals surface area (Å²) in [4.78, 5) is 31.3. The van der Waals surface area contributed by atoms with Crippen molar-refractivity contribution in [3.8, 4) is 0 Å². The summed E-state index contributed by atoms with van der Waals surface area (Å²) in [5.41, 5.74) is 0.269. The maximum absolute atomic E-state index is 12.2. The van der Waals surface area contributed by atoms with Gasteiger partial charge in [-0.05, 0) is 19.8 Å². The molecule has 0 atom stereocenters. The Morgan fingerprint density at radius 3 is 2.70 bits per heavy atom. The second-order valence-electron chi connectivity index (χ2n) is 6.17. The highest BCUT2D eigenvalue weighted by atomic mass is 16.5. The zero-order valence-corrected chi connectivity index (χ0v) is 11.8. The minimum absolute atomic E-state index is 0.0162. The molecule has 2 fully saturated rings. The van der Waals surface area contributed by atoms with E-state index in [0.717, 1.165) is 12.8 Å². The van der Waals surface area contributed by atoms with E-state index in [1.165, 1.54) is 0 Å². The van der Waals surface area contributed by atoms with Crippen LogP contribution in [-0.2, 0) is 4.74 Å². The van der Waals surface area contributed by atoms with Crippen LogP contribution < -0.4 is 10.9 Å². The molecular formula is C14H19N3O3. The molecule has 1 saturated carbocycles. The van der Waals surface area contributed by atoms with Crippen molar-refractivity contribution >= 4 is 5.91 Å². The summed E-state index contributed by atoms with van der Waals surface area (Å²) in [5.74, 6) is 0.722. The maximum Gasteiger partial charge on any atom is 0.264 e. The van der Waals surface area contributed by atoms with E-state index in [2.05, 4.69) is 15.3 Å². The van der Waals surface area contributed by atoms with Crippen molar-refractivity contribution in [1.82, 2.24) is 15.3 Å². The van der Waals surface area contributed by atoms with E-state index in [9.17, 15) is 9.59 Å². The number of aromatic nitrogens is 2. The Bertz CT molecular complexity index is 600. The number of ether oxygens (including phenoxy) is 1. The van der Waals surface area contributed by atoms with Gasteiger partial charge in [-0.3, -0.25) is 9.59 Å². The summed E-state index contributed by atoms with van der Waals surface area (Å²) in [5, 5.41) is 2.81. The maximum atomic E-state index is 12.2. The Hall–Kier alpha value is -1.69. The lowest BCUT2D eigenvalue weighted by Gasteiger charge is -2.38. The predicted octanol–water partition coefficient (Wildman–Crippen LogP) is 0.722. The smallest absolute Gasteiger partial charge is 0.264 e. The van der Waals surface area contributed by atoms with Gasteiger partial charge in [-0.15, -0.1) is 0 Å². The van der Waals surface area contributed by atoms with Crippen molar-refractivity contribution in [1.29, 1.82) is 0 Å². The van der Waals surface area contributed by atoms with Crippen molar-refractivity contribution in [3.05, 3.63) is 27.4 Å². The number of hydrogen-bond acceptors (Lipinski definition) is 4. The number of rotatable bonds is 4. The fourth-order valence-corrected chi connectivity index (χ4v) is 2.36. The van der Waals surface area contributed by atoms with Crippen molar-refractivity contribution in [2.45, 2.75) is 32.6 Å². The Balaban J connectivity index is 1.75. The third-order valence-corrected chi connectivity index (χ3v) is 3.89. The molecule has 1 aromatic rings. The summed E-state index contributed by atoms with van der Waals surface area (Å²) in [6, 6.07) is 0. The van der Waals surface area contributed by atoms with Gasteiger partial charge < -0.3 is 15.0 Å². The van der Waals surface area contributed by atoms with Crippen LogP contribution in [0.2, 0.25) is 0 Å². The number of amides is 1. The molecule has 1 saturated heterocycles. The largest absolute Gasteiger partial charge is 0.380 e. The van der Waals surface area contributed by atoms with Crippen LogP contribution in [0.4, 0.5) is 0 Å². The number of carbonyl (C=O) groups is 1. The van der Waals surface area contributed by atoms with Crippen LogP contribution in [0, 0.1) is 12.3 Å². The van der Waals surface area contributed by atoms with E-state index in [4.69, 9.17) is 4.74 Å². The molecule has 108 valence electrons. The summed E-state index contributed by atoms with van der Waals surface area (Å²) < 4.78 is 5.14. The quantitative estimate of drug-likeness (QED) is 0.849. The van der Waals surface area contributed by atoms with E-state index in [0.29, 0.717) is 37.2 Å². The van der Waals surface area contributed by atoms with Crippen LogP contribution in [-0.4, -0.2) is 35.6 Å². The highest BCUT2D eigenvalue weighted by Crippen LogP contribution is 2.37. The topological polar surface area (TPSA) is 84.1 Å². The van der Waals surface area contributed by atoms with Gasteiger partial charge in [0, 0.05) is 17.9 Å². The number of nitrogens with one attached hydrogen (secondary N) is 2. The average molecular weight is 277 g/mol. The molecule has 20 heavy (non-hydrogen) atoms. The van der Waals surface area contributed by atoms with Gasteiger partial charge >= 0.3 is 0 Å². The Morgan fingerprint density at radius 1 is 1.50 bits per heavy atom. The molecule has 0 radical (unpaired) electrons. The minimum atomic E-state index is -0.355. The van der Waals surface area contributed by atoms with Gasteiger partial charge in [0.2, 0.25) is 0 Å². The van der Waals surface area contributed by atoms with E-state index < -0.39 is 0 Å². The minimum Gasteiger partial charge on any atom is -0.380 e. The highest BCUT2D eigenvalue weighted by Gasteiger charge is 2.34. The summed E-state index contributed by atoms with van der Waals surface area (Å²) in [6.45, 7) is 5.55. The monoisotopic (exact) mass is 277 g/mol. The van der Waals surface area contributed by atoms with Gasteiger partial charge in [0.05, 0.1) is 18.9 Å². The first-order chi connectivity index (χ1) is 9.48. The lowest BCUT2D eigenvalue weighted by Crippen LogP contribution is -2.49. The van der Waals surface area contributed by atoms with Crippen LogP contribution in [0.1, 0.15) is 47.6 Å². The molecule has 1 aliphatic heterocycles. The molecule has 6 heteroatoms. The Morgan fingerprint density at radius 2 is 2.20 bits per heavy atom. The lowest BCUT2D eigenvalue weighted by molar-refractivity contribution is -0.0978. The molecule has 0 aromatic carbocycles. The van der Waals surface area contributed by atoms with E-state index in [1.54, 1.807) is 6.92 Å². The first kappa shape index (κ1) is 13.3. The first-order valence-electron chi connectivity index (χ1n) is 6.95. The normalized spacial score (nSPS) is 20.3. The van der Waals surface area contributed by atoms with Crippen molar-refractivity contribution in [2.75, 3.05) is 19.8 Å². The van der Waals surface area contributed by atoms with Crippen molar-refractivity contribution in [2.24, 2.45) is 5.41 Å². The average Bonchev–Trinajstić information content (AvgIpc) is 3.17. The molecule has 1 aliphatic carbocycles. The summed E-state index contributed by atoms with van der Waals surface area (Å²) >= 11 is 0. The van der Waals surface area contributed by atoms with E-state index >= 15 is 0 Å². The zero-order valence-electron chi connectivity index (χ0n) is 11.8. The van der Waals surface area contributed by atoms with Gasteiger partial charge in [-0.1, -0.05) is 6.92 Å². The van der Waals surface area contributed by atoms with Crippen LogP contribution in [0.25, 0.3) is 0 Å². The number of aromatic amines is 1. The Kier molecular flexibility index (Phi) is 3.12. The van der Waals surface area contributed by atoms with E-state index in [1.807, 2.05) is 6.92 Å². The van der Waals surface area contributed by atoms with E-state index in [-0.39, 0.29) is 22.4 Å². The van der Waals surface area contributed by atoms with Crippen molar-refractivity contribution < 1.29 is 9.53 Å². The predicted molar refractivity (Wildman–Crippen MR) is 72.8 cm³/mol. The number of nitrogens with zero attached hydrogens (tertiary/aromatic N) is 1. The molecular weight excluding hydrogens is 258 g/mol. The number of H-pyrrole nitrogens is 1. The molecule has 6 nitrogen and oxygen atoms in total. The van der Waals surface area contributed by atoms with Gasteiger partial charge in [0.15, 0.2) is 0 Å². The second kappa shape index (κ2) is 4.70. The molecule has 2 aliphatic rings. The van der Waals surface area contributed by atoms with Crippen LogP contribution >= 0.6 is 0 Å².